The van der Waals surface area contributed by atoms with Gasteiger partial charge in [-0.15, -0.1) is 11.3 Å². The van der Waals surface area contributed by atoms with E-state index in [1.165, 1.54) is 11.3 Å². The van der Waals surface area contributed by atoms with Gasteiger partial charge in [0, 0.05) is 4.88 Å². The van der Waals surface area contributed by atoms with Gasteiger partial charge in [-0.05, 0) is 42.0 Å². The average molecular weight is 254 g/mol. The van der Waals surface area contributed by atoms with Crippen molar-refractivity contribution in [2.24, 2.45) is 0 Å². The van der Waals surface area contributed by atoms with Gasteiger partial charge in [-0.3, -0.25) is 0 Å². The van der Waals surface area contributed by atoms with Gasteiger partial charge in [-0.2, -0.15) is 0 Å². The molecule has 0 amide bonds. The predicted molar refractivity (Wildman–Crippen MR) is 64.9 cm³/mol. The fourth-order valence-corrected chi connectivity index (χ4v) is 2.88. The van der Waals surface area contributed by atoms with Crippen LogP contribution in [0.25, 0.3) is 10.4 Å². The van der Waals surface area contributed by atoms with Crippen LogP contribution in [0.1, 0.15) is 0 Å². The molecular weight excluding hydrogens is 244 g/mol. The number of benzene rings is 1. The van der Waals surface area contributed by atoms with Crippen LogP contribution < -0.4 is 4.74 Å². The van der Waals surface area contributed by atoms with E-state index in [9.17, 15) is 8.42 Å². The maximum atomic E-state index is 10.8. The Labute approximate surface area is 99.3 Å². The highest BCUT2D eigenvalue weighted by Crippen LogP contribution is 2.29. The monoisotopic (exact) mass is 254 g/mol. The molecule has 2 aromatic rings. The lowest BCUT2D eigenvalue weighted by molar-refractivity contribution is 0.415. The zero-order chi connectivity index (χ0) is 11.5. The Morgan fingerprint density at radius 2 is 1.75 bits per heavy atom. The maximum Gasteiger partial charge on any atom is 0.177 e. The molecule has 0 atom stereocenters. The number of hydrogen-bond donors (Lipinski definition) is 1. The molecule has 3 nitrogen and oxygen atoms in total. The second-order valence-corrected chi connectivity index (χ2v) is 5.51. The molecule has 0 bridgehead atoms. The molecule has 0 aliphatic heterocycles. The fourth-order valence-electron chi connectivity index (χ4n) is 1.34. The largest absolute Gasteiger partial charge is 0.497 e. The van der Waals surface area contributed by atoms with Crippen molar-refractivity contribution in [3.8, 4) is 16.2 Å². The molecule has 0 spiro atoms. The Hall–Kier alpha value is -1.33. The summed E-state index contributed by atoms with van der Waals surface area (Å²) in [6.07, 6.45) is 0. The third-order valence-corrected chi connectivity index (χ3v) is 4.31. The zero-order valence-electron chi connectivity index (χ0n) is 8.54. The number of rotatable bonds is 3. The number of methoxy groups -OCH3 is 1. The highest BCUT2D eigenvalue weighted by molar-refractivity contribution is 7.75. The lowest BCUT2D eigenvalue weighted by atomic mass is 10.2. The van der Waals surface area contributed by atoms with E-state index in [-0.39, 0.29) is 0 Å². The lowest BCUT2D eigenvalue weighted by Gasteiger charge is -2.00. The number of ether oxygens (including phenoxy) is 1. The van der Waals surface area contributed by atoms with Crippen molar-refractivity contribution in [3.63, 3.8) is 0 Å². The van der Waals surface area contributed by atoms with E-state index >= 15 is 0 Å². The number of thiophene rings is 1. The molecule has 1 heterocycles. The van der Waals surface area contributed by atoms with E-state index < -0.39 is 10.7 Å². The van der Waals surface area contributed by atoms with Crippen LogP contribution in [-0.4, -0.2) is 15.5 Å². The molecule has 5 heteroatoms. The highest BCUT2D eigenvalue weighted by Gasteiger charge is 2.04. The molecule has 1 aromatic carbocycles. The van der Waals surface area contributed by atoms with Gasteiger partial charge in [0.2, 0.25) is 0 Å². The summed E-state index contributed by atoms with van der Waals surface area (Å²) in [4.78, 5) is 0.942. The van der Waals surface area contributed by atoms with E-state index in [1.54, 1.807) is 13.2 Å². The Morgan fingerprint density at radius 3 is 2.25 bits per heavy atom. The molecule has 0 saturated heterocycles. The molecule has 16 heavy (non-hydrogen) atoms. The number of hydrogen-bond acceptors (Lipinski definition) is 4. The van der Waals surface area contributed by atoms with E-state index in [4.69, 9.17) is 4.74 Å². The Morgan fingerprint density at radius 1 is 1.06 bits per heavy atom. The van der Waals surface area contributed by atoms with Crippen molar-refractivity contribution in [1.82, 2.24) is 0 Å². The van der Waals surface area contributed by atoms with Gasteiger partial charge < -0.3 is 4.74 Å². The van der Waals surface area contributed by atoms with Crippen LogP contribution in [0.15, 0.2) is 40.6 Å². The third-order valence-electron chi connectivity index (χ3n) is 2.15. The minimum absolute atomic E-state index is 0.390. The summed E-state index contributed by atoms with van der Waals surface area (Å²) in [5.74, 6) is 0.787. The van der Waals surface area contributed by atoms with E-state index in [1.807, 2.05) is 30.3 Å². The van der Waals surface area contributed by atoms with Crippen molar-refractivity contribution < 1.29 is 13.2 Å². The quantitative estimate of drug-likeness (QED) is 0.855. The van der Waals surface area contributed by atoms with Crippen molar-refractivity contribution in [3.05, 3.63) is 36.4 Å². The molecule has 0 saturated carbocycles. The topological polar surface area (TPSA) is 43.4 Å². The molecule has 0 aliphatic rings. The smallest absolute Gasteiger partial charge is 0.177 e. The SMILES string of the molecule is COc1ccc(-c2ccc([SH](=O)=O)s2)cc1. The predicted octanol–water partition coefficient (Wildman–Crippen LogP) is 2.39. The summed E-state index contributed by atoms with van der Waals surface area (Å²) < 4.78 is 27.0. The molecule has 0 unspecified atom stereocenters. The van der Waals surface area contributed by atoms with Crippen LogP contribution in [0.4, 0.5) is 0 Å². The van der Waals surface area contributed by atoms with Crippen molar-refractivity contribution in [2.75, 3.05) is 7.11 Å². The van der Waals surface area contributed by atoms with E-state index in [2.05, 4.69) is 0 Å². The van der Waals surface area contributed by atoms with Crippen LogP contribution in [0.5, 0.6) is 5.75 Å². The van der Waals surface area contributed by atoms with Crippen LogP contribution >= 0.6 is 11.3 Å². The molecule has 0 aliphatic carbocycles. The second-order valence-electron chi connectivity index (χ2n) is 3.12. The molecular formula is C11H10O3S2. The fraction of sp³-hybridized carbons (Fsp3) is 0.0909. The standard InChI is InChI=1S/C11H10O3S2/c1-14-9-4-2-8(3-5-9)10-6-7-11(15-10)16(12)13/h2-7,16H,1H3. The molecule has 0 fully saturated rings. The summed E-state index contributed by atoms with van der Waals surface area (Å²) in [6.45, 7) is 0. The molecule has 84 valence electrons. The van der Waals surface area contributed by atoms with Crippen molar-refractivity contribution in [1.29, 1.82) is 0 Å². The Balaban J connectivity index is 2.35. The van der Waals surface area contributed by atoms with Crippen molar-refractivity contribution >= 4 is 22.0 Å². The minimum atomic E-state index is -2.48. The summed E-state index contributed by atoms with van der Waals surface area (Å²) in [7, 11) is -0.869. The van der Waals surface area contributed by atoms with Gasteiger partial charge in [0.25, 0.3) is 0 Å². The van der Waals surface area contributed by atoms with Gasteiger partial charge >= 0.3 is 0 Å². The Kier molecular flexibility index (Phi) is 3.26. The summed E-state index contributed by atoms with van der Waals surface area (Å²) in [5, 5.41) is 0. The first-order valence-corrected chi connectivity index (χ1v) is 6.59. The summed E-state index contributed by atoms with van der Waals surface area (Å²) in [5.41, 5.74) is 0.994. The van der Waals surface area contributed by atoms with E-state index in [0.717, 1.165) is 16.2 Å². The molecule has 0 N–H and O–H groups in total. The third kappa shape index (κ3) is 2.25. The first kappa shape index (κ1) is 11.2. The second kappa shape index (κ2) is 4.67. The zero-order valence-corrected chi connectivity index (χ0v) is 10.3. The summed E-state index contributed by atoms with van der Waals surface area (Å²) >= 11 is 1.27. The van der Waals surface area contributed by atoms with Gasteiger partial charge in [-0.1, -0.05) is 0 Å². The van der Waals surface area contributed by atoms with Gasteiger partial charge in [0.05, 0.1) is 7.11 Å². The normalized spacial score (nSPS) is 10.6. The van der Waals surface area contributed by atoms with Gasteiger partial charge in [0.15, 0.2) is 10.7 Å². The first-order chi connectivity index (χ1) is 7.70. The minimum Gasteiger partial charge on any atom is -0.497 e. The number of thiol groups is 1. The van der Waals surface area contributed by atoms with Gasteiger partial charge in [-0.25, -0.2) is 8.42 Å². The summed E-state index contributed by atoms with van der Waals surface area (Å²) in [6, 6.07) is 11.0. The van der Waals surface area contributed by atoms with Crippen LogP contribution in [0, 0.1) is 0 Å². The highest BCUT2D eigenvalue weighted by atomic mass is 32.2. The van der Waals surface area contributed by atoms with Crippen molar-refractivity contribution in [2.45, 2.75) is 4.21 Å². The molecule has 1 aromatic heterocycles. The first-order valence-electron chi connectivity index (χ1n) is 4.59. The molecule has 0 radical (unpaired) electrons. The van der Waals surface area contributed by atoms with Crippen LogP contribution in [0.3, 0.4) is 0 Å². The lowest BCUT2D eigenvalue weighted by Crippen LogP contribution is -1.81. The van der Waals surface area contributed by atoms with Crippen LogP contribution in [-0.2, 0) is 10.7 Å². The Bertz CT molecular complexity index is 545. The average Bonchev–Trinajstić information content (AvgIpc) is 2.78. The maximum absolute atomic E-state index is 10.8. The van der Waals surface area contributed by atoms with Gasteiger partial charge in [0.1, 0.15) is 9.96 Å². The van der Waals surface area contributed by atoms with Crippen LogP contribution in [0.2, 0.25) is 0 Å². The molecule has 2 rings (SSSR count). The van der Waals surface area contributed by atoms with E-state index in [0.29, 0.717) is 4.21 Å².